The van der Waals surface area contributed by atoms with Crippen molar-refractivity contribution in [2.24, 2.45) is 0 Å². The summed E-state index contributed by atoms with van der Waals surface area (Å²) < 4.78 is 2.02. The highest BCUT2D eigenvalue weighted by molar-refractivity contribution is 5.74. The Labute approximate surface area is 146 Å². The van der Waals surface area contributed by atoms with Crippen LogP contribution in [0.15, 0.2) is 54.7 Å². The Hall–Kier alpha value is -2.89. The number of carbonyl (C=O) groups is 1. The number of nitrogens with one attached hydrogen (secondary N) is 1. The third-order valence-electron chi connectivity index (χ3n) is 4.70. The second kappa shape index (κ2) is 6.93. The van der Waals surface area contributed by atoms with Gasteiger partial charge in [-0.25, -0.2) is 4.79 Å². The fourth-order valence-corrected chi connectivity index (χ4v) is 3.40. The number of fused-ring (bicyclic) bond motifs is 1. The van der Waals surface area contributed by atoms with Gasteiger partial charge in [-0.2, -0.15) is 0 Å². The number of carbonyl (C=O) groups excluding carboxylic acids is 1. The molecule has 4 rings (SSSR count). The minimum absolute atomic E-state index is 0.0117. The molecule has 1 N–H and O–H groups in total. The summed E-state index contributed by atoms with van der Waals surface area (Å²) in [5.74, 6) is 1.16. The van der Waals surface area contributed by atoms with Gasteiger partial charge in [0, 0.05) is 31.7 Å². The number of amides is 2. The molecule has 3 aromatic rings. The standard InChI is InChI=1S/C19H21N5O/c25-19(20-13-15-7-2-1-3-8-15)23-11-6-9-16(14-23)18-22-21-17-10-4-5-12-24(17)18/h1-5,7-8,10,12,16H,6,9,11,13-14H2,(H,20,25)/t16-/m0/s1. The molecule has 0 bridgehead atoms. The first-order valence-electron chi connectivity index (χ1n) is 8.67. The molecule has 0 spiro atoms. The Morgan fingerprint density at radius 2 is 1.96 bits per heavy atom. The predicted octanol–water partition coefficient (Wildman–Crippen LogP) is 2.82. The van der Waals surface area contributed by atoms with E-state index in [1.54, 1.807) is 0 Å². The van der Waals surface area contributed by atoms with Crippen molar-refractivity contribution in [2.45, 2.75) is 25.3 Å². The number of nitrogens with zero attached hydrogens (tertiary/aromatic N) is 4. The van der Waals surface area contributed by atoms with Crippen molar-refractivity contribution < 1.29 is 4.79 Å². The molecule has 0 unspecified atom stereocenters. The normalized spacial score (nSPS) is 17.6. The summed E-state index contributed by atoms with van der Waals surface area (Å²) in [7, 11) is 0. The summed E-state index contributed by atoms with van der Waals surface area (Å²) in [4.78, 5) is 14.4. The molecule has 2 amide bonds. The summed E-state index contributed by atoms with van der Waals surface area (Å²) in [6.45, 7) is 2.01. The second-order valence-corrected chi connectivity index (χ2v) is 6.42. The van der Waals surface area contributed by atoms with Crippen LogP contribution in [-0.2, 0) is 6.54 Å². The molecule has 2 aromatic heterocycles. The van der Waals surface area contributed by atoms with Crippen LogP contribution in [0.25, 0.3) is 5.65 Å². The quantitative estimate of drug-likeness (QED) is 0.800. The van der Waals surface area contributed by atoms with E-state index < -0.39 is 0 Å². The highest BCUT2D eigenvalue weighted by Gasteiger charge is 2.27. The molecule has 0 aliphatic carbocycles. The Morgan fingerprint density at radius 3 is 2.84 bits per heavy atom. The van der Waals surface area contributed by atoms with Crippen LogP contribution in [0.3, 0.4) is 0 Å². The Balaban J connectivity index is 1.43. The average molecular weight is 335 g/mol. The van der Waals surface area contributed by atoms with E-state index in [2.05, 4.69) is 15.5 Å². The van der Waals surface area contributed by atoms with Crippen molar-refractivity contribution in [3.63, 3.8) is 0 Å². The van der Waals surface area contributed by atoms with Crippen molar-refractivity contribution in [2.75, 3.05) is 13.1 Å². The predicted molar refractivity (Wildman–Crippen MR) is 95.2 cm³/mol. The molecule has 0 saturated carbocycles. The minimum Gasteiger partial charge on any atom is -0.334 e. The minimum atomic E-state index is -0.0117. The van der Waals surface area contributed by atoms with Crippen LogP contribution in [0.4, 0.5) is 4.79 Å². The molecule has 6 nitrogen and oxygen atoms in total. The van der Waals surface area contributed by atoms with Gasteiger partial charge in [0.25, 0.3) is 0 Å². The fraction of sp³-hybridized carbons (Fsp3) is 0.316. The molecule has 0 radical (unpaired) electrons. The van der Waals surface area contributed by atoms with Crippen molar-refractivity contribution in [1.82, 2.24) is 24.8 Å². The van der Waals surface area contributed by atoms with Gasteiger partial charge in [0.1, 0.15) is 5.82 Å². The van der Waals surface area contributed by atoms with Gasteiger partial charge >= 0.3 is 6.03 Å². The third-order valence-corrected chi connectivity index (χ3v) is 4.70. The number of hydrogen-bond acceptors (Lipinski definition) is 3. The lowest BCUT2D eigenvalue weighted by Crippen LogP contribution is -2.45. The van der Waals surface area contributed by atoms with Crippen LogP contribution < -0.4 is 5.32 Å². The van der Waals surface area contributed by atoms with E-state index >= 15 is 0 Å². The molecule has 6 heteroatoms. The van der Waals surface area contributed by atoms with E-state index in [-0.39, 0.29) is 11.9 Å². The topological polar surface area (TPSA) is 62.5 Å². The summed E-state index contributed by atoms with van der Waals surface area (Å²) in [5, 5.41) is 11.6. The number of rotatable bonds is 3. The van der Waals surface area contributed by atoms with E-state index in [1.807, 2.05) is 64.0 Å². The molecule has 1 aliphatic rings. The smallest absolute Gasteiger partial charge is 0.317 e. The SMILES string of the molecule is O=C(NCc1ccccc1)N1CCC[C@H](c2nnc3ccccn23)C1. The van der Waals surface area contributed by atoms with E-state index in [1.165, 1.54) is 0 Å². The first-order valence-corrected chi connectivity index (χ1v) is 8.67. The van der Waals surface area contributed by atoms with Gasteiger partial charge in [0.15, 0.2) is 5.65 Å². The molecule has 1 saturated heterocycles. The molecule has 1 fully saturated rings. The second-order valence-electron chi connectivity index (χ2n) is 6.42. The first kappa shape index (κ1) is 15.6. The molecular weight excluding hydrogens is 314 g/mol. The molecule has 1 atom stereocenters. The third kappa shape index (κ3) is 3.33. The lowest BCUT2D eigenvalue weighted by atomic mass is 9.97. The van der Waals surface area contributed by atoms with E-state index in [9.17, 15) is 4.79 Å². The maximum atomic E-state index is 12.5. The van der Waals surface area contributed by atoms with E-state index in [0.717, 1.165) is 36.4 Å². The van der Waals surface area contributed by atoms with Crippen LogP contribution in [0, 0.1) is 0 Å². The van der Waals surface area contributed by atoms with Gasteiger partial charge in [-0.3, -0.25) is 4.40 Å². The van der Waals surface area contributed by atoms with Crippen LogP contribution in [0.2, 0.25) is 0 Å². The van der Waals surface area contributed by atoms with Crippen LogP contribution in [0.5, 0.6) is 0 Å². The summed E-state index contributed by atoms with van der Waals surface area (Å²) in [6.07, 6.45) is 3.99. The number of urea groups is 1. The number of likely N-dealkylation sites (tertiary alicyclic amines) is 1. The number of aromatic nitrogens is 3. The van der Waals surface area contributed by atoms with E-state index in [0.29, 0.717) is 13.1 Å². The molecule has 128 valence electrons. The average Bonchev–Trinajstić information content (AvgIpc) is 3.11. The number of hydrogen-bond donors (Lipinski definition) is 1. The van der Waals surface area contributed by atoms with Gasteiger partial charge in [-0.05, 0) is 30.5 Å². The Kier molecular flexibility index (Phi) is 4.33. The van der Waals surface area contributed by atoms with E-state index in [4.69, 9.17) is 0 Å². The summed E-state index contributed by atoms with van der Waals surface area (Å²) in [5.41, 5.74) is 1.95. The highest BCUT2D eigenvalue weighted by atomic mass is 16.2. The molecule has 3 heterocycles. The zero-order chi connectivity index (χ0) is 17.1. The number of piperidine rings is 1. The molecule has 25 heavy (non-hydrogen) atoms. The zero-order valence-electron chi connectivity index (χ0n) is 14.0. The van der Waals surface area contributed by atoms with Crippen LogP contribution in [0.1, 0.15) is 30.1 Å². The van der Waals surface area contributed by atoms with Crippen LogP contribution in [-0.4, -0.2) is 38.6 Å². The lowest BCUT2D eigenvalue weighted by Gasteiger charge is -2.32. The lowest BCUT2D eigenvalue weighted by molar-refractivity contribution is 0.177. The Bertz CT molecular complexity index is 860. The van der Waals surface area contributed by atoms with Gasteiger partial charge in [-0.15, -0.1) is 10.2 Å². The first-order chi connectivity index (χ1) is 12.3. The van der Waals surface area contributed by atoms with Crippen molar-refractivity contribution in [3.8, 4) is 0 Å². The zero-order valence-corrected chi connectivity index (χ0v) is 14.0. The van der Waals surface area contributed by atoms with Gasteiger partial charge in [0.05, 0.1) is 0 Å². The maximum absolute atomic E-state index is 12.5. The fourth-order valence-electron chi connectivity index (χ4n) is 3.40. The van der Waals surface area contributed by atoms with Crippen molar-refractivity contribution in [1.29, 1.82) is 0 Å². The summed E-state index contributed by atoms with van der Waals surface area (Å²) in [6, 6.07) is 15.8. The van der Waals surface area contributed by atoms with Gasteiger partial charge < -0.3 is 10.2 Å². The summed E-state index contributed by atoms with van der Waals surface area (Å²) >= 11 is 0. The molecule has 1 aromatic carbocycles. The number of pyridine rings is 1. The van der Waals surface area contributed by atoms with Crippen molar-refractivity contribution in [3.05, 3.63) is 66.1 Å². The monoisotopic (exact) mass is 335 g/mol. The number of benzene rings is 1. The van der Waals surface area contributed by atoms with Gasteiger partial charge in [-0.1, -0.05) is 36.4 Å². The van der Waals surface area contributed by atoms with Crippen LogP contribution >= 0.6 is 0 Å². The molecular formula is C19H21N5O. The maximum Gasteiger partial charge on any atom is 0.317 e. The molecule has 1 aliphatic heterocycles. The highest BCUT2D eigenvalue weighted by Crippen LogP contribution is 2.26. The Morgan fingerprint density at radius 1 is 1.12 bits per heavy atom. The van der Waals surface area contributed by atoms with Crippen molar-refractivity contribution >= 4 is 11.7 Å². The van der Waals surface area contributed by atoms with Gasteiger partial charge in [0.2, 0.25) is 0 Å². The largest absolute Gasteiger partial charge is 0.334 e.